The molecule has 5 heteroatoms. The normalized spacial score (nSPS) is 17.1. The first-order valence-corrected chi connectivity index (χ1v) is 9.56. The average molecular weight is 370 g/mol. The van der Waals surface area contributed by atoms with Crippen LogP contribution in [0.3, 0.4) is 0 Å². The van der Waals surface area contributed by atoms with E-state index in [4.69, 9.17) is 0 Å². The molecule has 0 aromatic heterocycles. The zero-order valence-electron chi connectivity index (χ0n) is 15.5. The highest BCUT2D eigenvalue weighted by atomic mass is 19.3. The molecular weight excluding hydrogens is 346 g/mol. The first kappa shape index (κ1) is 18.0. The van der Waals surface area contributed by atoms with Crippen LogP contribution in [0.25, 0.3) is 11.1 Å². The van der Waals surface area contributed by atoms with Gasteiger partial charge in [-0.05, 0) is 47.6 Å². The largest absolute Gasteiger partial charge is 0.325 e. The molecule has 4 rings (SSSR count). The number of hydrogen-bond donors (Lipinski definition) is 0. The Balaban J connectivity index is 1.55. The van der Waals surface area contributed by atoms with Gasteiger partial charge in [0.1, 0.15) is 0 Å². The molecule has 3 nitrogen and oxygen atoms in total. The van der Waals surface area contributed by atoms with Crippen molar-refractivity contribution in [1.29, 1.82) is 0 Å². The van der Waals surface area contributed by atoms with Crippen LogP contribution in [0.1, 0.15) is 36.5 Å². The Morgan fingerprint density at radius 1 is 0.889 bits per heavy atom. The number of fused-ring (bicyclic) bond motifs is 1. The van der Waals surface area contributed by atoms with E-state index < -0.39 is 5.92 Å². The van der Waals surface area contributed by atoms with Crippen molar-refractivity contribution in [2.75, 3.05) is 19.6 Å². The first-order valence-electron chi connectivity index (χ1n) is 9.56. The van der Waals surface area contributed by atoms with Crippen molar-refractivity contribution in [3.63, 3.8) is 0 Å². The highest BCUT2D eigenvalue weighted by molar-refractivity contribution is 5.75. The second kappa shape index (κ2) is 6.95. The maximum absolute atomic E-state index is 13.4. The monoisotopic (exact) mass is 370 g/mol. The predicted molar refractivity (Wildman–Crippen MR) is 102 cm³/mol. The molecule has 0 bridgehead atoms. The smallest absolute Gasteiger partial charge is 0.320 e. The average Bonchev–Trinajstić information content (AvgIpc) is 3.21. The number of carbonyl (C=O) groups excluding carboxylic acids is 1. The van der Waals surface area contributed by atoms with Gasteiger partial charge < -0.3 is 9.80 Å². The molecule has 0 spiro atoms. The van der Waals surface area contributed by atoms with Crippen molar-refractivity contribution in [3.05, 3.63) is 59.2 Å². The lowest BCUT2D eigenvalue weighted by Crippen LogP contribution is -2.44. The highest BCUT2D eigenvalue weighted by Crippen LogP contribution is 2.31. The summed E-state index contributed by atoms with van der Waals surface area (Å²) in [4.78, 5) is 16.5. The van der Waals surface area contributed by atoms with E-state index in [2.05, 4.69) is 12.1 Å². The lowest BCUT2D eigenvalue weighted by molar-refractivity contribution is 0.0175. The van der Waals surface area contributed by atoms with E-state index >= 15 is 0 Å². The molecule has 0 N–H and O–H groups in total. The van der Waals surface area contributed by atoms with E-state index in [0.29, 0.717) is 6.54 Å². The standard InChI is InChI=1S/C22H24F2N2O/c1-22(23,24)20-8-6-16(7-9-20)18-5-4-17-10-13-26(15-19(17)14-18)21(27)25-11-2-3-12-25/h4-9,14H,2-3,10-13,15H2,1H3. The molecule has 0 unspecified atom stereocenters. The third-order valence-corrected chi connectivity index (χ3v) is 5.59. The van der Waals surface area contributed by atoms with Crippen LogP contribution in [0, 0.1) is 0 Å². The van der Waals surface area contributed by atoms with Gasteiger partial charge in [-0.1, -0.05) is 36.4 Å². The Labute approximate surface area is 158 Å². The van der Waals surface area contributed by atoms with Crippen molar-refractivity contribution in [1.82, 2.24) is 9.80 Å². The number of rotatable bonds is 2. The molecule has 0 atom stereocenters. The van der Waals surface area contributed by atoms with Crippen molar-refractivity contribution >= 4 is 6.03 Å². The van der Waals surface area contributed by atoms with E-state index in [-0.39, 0.29) is 11.6 Å². The lowest BCUT2D eigenvalue weighted by atomic mass is 9.94. The molecule has 0 radical (unpaired) electrons. The van der Waals surface area contributed by atoms with Crippen LogP contribution in [0.2, 0.25) is 0 Å². The summed E-state index contributed by atoms with van der Waals surface area (Å²) in [5.74, 6) is -2.83. The summed E-state index contributed by atoms with van der Waals surface area (Å²) >= 11 is 0. The fourth-order valence-electron chi connectivity index (χ4n) is 3.96. The van der Waals surface area contributed by atoms with Gasteiger partial charge >= 0.3 is 6.03 Å². The number of amides is 2. The molecule has 2 aliphatic rings. The summed E-state index contributed by atoms with van der Waals surface area (Å²) in [6.45, 7) is 3.99. The summed E-state index contributed by atoms with van der Waals surface area (Å²) in [7, 11) is 0. The van der Waals surface area contributed by atoms with E-state index in [1.807, 2.05) is 15.9 Å². The Bertz CT molecular complexity index is 836. The molecule has 0 saturated carbocycles. The van der Waals surface area contributed by atoms with E-state index in [9.17, 15) is 13.6 Å². The van der Waals surface area contributed by atoms with Crippen LogP contribution >= 0.6 is 0 Å². The molecule has 2 aromatic rings. The topological polar surface area (TPSA) is 23.6 Å². The number of carbonyl (C=O) groups is 1. The van der Waals surface area contributed by atoms with Gasteiger partial charge in [0.2, 0.25) is 0 Å². The highest BCUT2D eigenvalue weighted by Gasteiger charge is 2.27. The van der Waals surface area contributed by atoms with Crippen molar-refractivity contribution in [3.8, 4) is 11.1 Å². The van der Waals surface area contributed by atoms with Crippen LogP contribution in [0.15, 0.2) is 42.5 Å². The molecule has 1 saturated heterocycles. The zero-order chi connectivity index (χ0) is 19.0. The number of urea groups is 1. The molecule has 2 heterocycles. The van der Waals surface area contributed by atoms with Gasteiger partial charge in [-0.2, -0.15) is 0 Å². The van der Waals surface area contributed by atoms with Crippen LogP contribution in [0.5, 0.6) is 0 Å². The molecule has 27 heavy (non-hydrogen) atoms. The minimum absolute atomic E-state index is 0.0200. The molecule has 2 aliphatic heterocycles. The lowest BCUT2D eigenvalue weighted by Gasteiger charge is -2.32. The Hall–Kier alpha value is -2.43. The van der Waals surface area contributed by atoms with Crippen LogP contribution in [0.4, 0.5) is 13.6 Å². The quantitative estimate of drug-likeness (QED) is 0.726. The fraction of sp³-hybridized carbons (Fsp3) is 0.409. The second-order valence-corrected chi connectivity index (χ2v) is 7.60. The molecular formula is C22H24F2N2O. The van der Waals surface area contributed by atoms with Gasteiger partial charge in [0.15, 0.2) is 0 Å². The molecule has 2 amide bonds. The Morgan fingerprint density at radius 2 is 1.56 bits per heavy atom. The number of likely N-dealkylation sites (tertiary alicyclic amines) is 1. The van der Waals surface area contributed by atoms with Gasteiger partial charge in [-0.3, -0.25) is 0 Å². The number of halogens is 2. The van der Waals surface area contributed by atoms with Crippen molar-refractivity contribution in [2.45, 2.75) is 38.7 Å². The molecule has 1 fully saturated rings. The fourth-order valence-corrected chi connectivity index (χ4v) is 3.96. The number of alkyl halides is 2. The van der Waals surface area contributed by atoms with E-state index in [0.717, 1.165) is 62.5 Å². The SMILES string of the molecule is CC(F)(F)c1ccc(-c2ccc3c(c2)CN(C(=O)N2CCCC2)CC3)cc1. The Morgan fingerprint density at radius 3 is 2.22 bits per heavy atom. The van der Waals surface area contributed by atoms with Crippen LogP contribution < -0.4 is 0 Å². The minimum atomic E-state index is -2.83. The van der Waals surface area contributed by atoms with Gasteiger partial charge in [0.05, 0.1) is 0 Å². The number of nitrogens with zero attached hydrogens (tertiary/aromatic N) is 2. The third-order valence-electron chi connectivity index (χ3n) is 5.59. The summed E-state index contributed by atoms with van der Waals surface area (Å²) in [6, 6.07) is 12.8. The van der Waals surface area contributed by atoms with Crippen molar-refractivity contribution < 1.29 is 13.6 Å². The first-order chi connectivity index (χ1) is 12.9. The number of hydrogen-bond acceptors (Lipinski definition) is 1. The van der Waals surface area contributed by atoms with Crippen LogP contribution in [-0.2, 0) is 18.9 Å². The van der Waals surface area contributed by atoms with Gasteiger partial charge in [-0.15, -0.1) is 0 Å². The van der Waals surface area contributed by atoms with Gasteiger partial charge in [0.25, 0.3) is 5.92 Å². The van der Waals surface area contributed by atoms with Gasteiger partial charge in [0, 0.05) is 38.7 Å². The summed E-state index contributed by atoms with van der Waals surface area (Å²) in [6.07, 6.45) is 3.04. The maximum Gasteiger partial charge on any atom is 0.320 e. The summed E-state index contributed by atoms with van der Waals surface area (Å²) in [5, 5.41) is 0. The zero-order valence-corrected chi connectivity index (χ0v) is 15.5. The van der Waals surface area contributed by atoms with Gasteiger partial charge in [-0.25, -0.2) is 13.6 Å². The maximum atomic E-state index is 13.4. The Kier molecular flexibility index (Phi) is 4.62. The predicted octanol–water partition coefficient (Wildman–Crippen LogP) is 5.04. The second-order valence-electron chi connectivity index (χ2n) is 7.60. The van der Waals surface area contributed by atoms with Crippen LogP contribution in [-0.4, -0.2) is 35.5 Å². The minimum Gasteiger partial charge on any atom is -0.325 e. The van der Waals surface area contributed by atoms with E-state index in [1.165, 1.54) is 17.7 Å². The van der Waals surface area contributed by atoms with E-state index in [1.54, 1.807) is 12.1 Å². The molecule has 0 aliphatic carbocycles. The third kappa shape index (κ3) is 3.68. The molecule has 142 valence electrons. The summed E-state index contributed by atoms with van der Waals surface area (Å²) in [5.41, 5.74) is 4.34. The van der Waals surface area contributed by atoms with Crippen molar-refractivity contribution in [2.24, 2.45) is 0 Å². The molecule has 2 aromatic carbocycles. The summed E-state index contributed by atoms with van der Waals surface area (Å²) < 4.78 is 26.8. The number of benzene rings is 2.